The Morgan fingerprint density at radius 1 is 1.11 bits per heavy atom. The van der Waals surface area contributed by atoms with Gasteiger partial charge in [-0.15, -0.1) is 0 Å². The first-order valence-electron chi connectivity index (χ1n) is 11.3. The molecule has 0 saturated heterocycles. The van der Waals surface area contributed by atoms with Crippen molar-refractivity contribution >= 4 is 17.7 Å². The number of hydrogen-bond acceptors (Lipinski definition) is 4. The van der Waals surface area contributed by atoms with Gasteiger partial charge in [-0.05, 0) is 48.7 Å². The number of carbonyl (C=O) groups excluding carboxylic acids is 1. The molecule has 0 spiro atoms. The van der Waals surface area contributed by atoms with Gasteiger partial charge in [0.2, 0.25) is 0 Å². The Labute approximate surface area is 202 Å². The van der Waals surface area contributed by atoms with Gasteiger partial charge in [0.1, 0.15) is 12.4 Å². The summed E-state index contributed by atoms with van der Waals surface area (Å²) in [6.45, 7) is 6.66. The molecule has 0 aliphatic heterocycles. The molecule has 0 radical (unpaired) electrons. The third-order valence-electron chi connectivity index (χ3n) is 4.93. The maximum atomic E-state index is 12.9. The summed E-state index contributed by atoms with van der Waals surface area (Å²) in [6, 6.07) is 10.9. The van der Waals surface area contributed by atoms with Crippen molar-refractivity contribution in [2.24, 2.45) is 5.92 Å². The molecule has 1 unspecified atom stereocenters. The molecule has 0 fully saturated rings. The van der Waals surface area contributed by atoms with E-state index in [0.717, 1.165) is 17.7 Å². The Kier molecular flexibility index (Phi) is 10.4. The van der Waals surface area contributed by atoms with E-state index in [0.29, 0.717) is 18.9 Å². The van der Waals surface area contributed by atoms with E-state index in [-0.39, 0.29) is 31.2 Å². The normalized spacial score (nSPS) is 12.3. The van der Waals surface area contributed by atoms with Gasteiger partial charge in [-0.1, -0.05) is 32.0 Å². The molecule has 10 heteroatoms. The van der Waals surface area contributed by atoms with Crippen molar-refractivity contribution < 1.29 is 37.3 Å². The van der Waals surface area contributed by atoms with Crippen molar-refractivity contribution in [2.45, 2.75) is 39.5 Å². The average molecular weight is 497 g/mol. The van der Waals surface area contributed by atoms with Gasteiger partial charge in [-0.3, -0.25) is 0 Å². The molecule has 2 aromatic carbocycles. The molecule has 2 N–H and O–H groups in total. The molecule has 192 valence electrons. The van der Waals surface area contributed by atoms with Crippen LogP contribution < -0.4 is 10.1 Å². The molecule has 0 bridgehead atoms. The van der Waals surface area contributed by atoms with Crippen LogP contribution in [0.15, 0.2) is 48.5 Å². The molecule has 2 rings (SSSR count). The third-order valence-corrected chi connectivity index (χ3v) is 4.93. The van der Waals surface area contributed by atoms with Gasteiger partial charge in [0.25, 0.3) is 0 Å². The van der Waals surface area contributed by atoms with Gasteiger partial charge in [-0.25, -0.2) is 9.59 Å². The number of carbonyl (C=O) groups is 2. The molecule has 2 amide bonds. The number of nitrogens with zero attached hydrogens (tertiary/aromatic N) is 1. The number of carboxylic acid groups (broad SMARTS) is 1. The van der Waals surface area contributed by atoms with E-state index in [4.69, 9.17) is 9.47 Å². The predicted molar refractivity (Wildman–Crippen MR) is 126 cm³/mol. The minimum absolute atomic E-state index is 0.0572. The fraction of sp³-hybridized carbons (Fsp3) is 0.440. The third kappa shape index (κ3) is 9.48. The lowest BCUT2D eigenvalue weighted by Gasteiger charge is -2.25. The number of alkyl halides is 3. The SMILES string of the molecule is CCOC(Cc1ccc(OCCN(CC(C)C)C(=O)Nc2cccc(C(F)(F)F)c2)cc1)C(=O)O. The van der Waals surface area contributed by atoms with E-state index in [1.54, 1.807) is 31.2 Å². The highest BCUT2D eigenvalue weighted by Gasteiger charge is 2.30. The quantitative estimate of drug-likeness (QED) is 0.416. The smallest absolute Gasteiger partial charge is 0.416 e. The fourth-order valence-corrected chi connectivity index (χ4v) is 3.32. The van der Waals surface area contributed by atoms with Crippen LogP contribution in [0.3, 0.4) is 0 Å². The fourth-order valence-electron chi connectivity index (χ4n) is 3.32. The van der Waals surface area contributed by atoms with Crippen LogP contribution in [-0.4, -0.2) is 54.4 Å². The number of nitrogens with one attached hydrogen (secondary N) is 1. The van der Waals surface area contributed by atoms with Crippen LogP contribution in [0.1, 0.15) is 31.9 Å². The predicted octanol–water partition coefficient (Wildman–Crippen LogP) is 5.31. The van der Waals surface area contributed by atoms with Gasteiger partial charge in [0, 0.05) is 25.3 Å². The zero-order valence-corrected chi connectivity index (χ0v) is 20.0. The summed E-state index contributed by atoms with van der Waals surface area (Å²) in [5.74, 6) is -0.352. The summed E-state index contributed by atoms with van der Waals surface area (Å²) in [5, 5.41) is 11.7. The Balaban J connectivity index is 1.95. The molecule has 0 heterocycles. The molecule has 0 aliphatic rings. The number of halogens is 3. The van der Waals surface area contributed by atoms with E-state index < -0.39 is 29.8 Å². The lowest BCUT2D eigenvalue weighted by molar-refractivity contribution is -0.150. The van der Waals surface area contributed by atoms with E-state index in [1.807, 2.05) is 13.8 Å². The molecular weight excluding hydrogens is 465 g/mol. The number of aliphatic carboxylic acids is 1. The lowest BCUT2D eigenvalue weighted by atomic mass is 10.1. The van der Waals surface area contributed by atoms with Crippen LogP contribution in [0.4, 0.5) is 23.7 Å². The molecule has 0 saturated carbocycles. The zero-order chi connectivity index (χ0) is 26.0. The van der Waals surface area contributed by atoms with E-state index in [9.17, 15) is 27.9 Å². The van der Waals surface area contributed by atoms with Crippen molar-refractivity contribution in [3.05, 3.63) is 59.7 Å². The van der Waals surface area contributed by atoms with Gasteiger partial charge < -0.3 is 24.8 Å². The Morgan fingerprint density at radius 2 is 1.80 bits per heavy atom. The van der Waals surface area contributed by atoms with Crippen LogP contribution in [0.5, 0.6) is 5.75 Å². The molecule has 2 aromatic rings. The largest absolute Gasteiger partial charge is 0.492 e. The minimum atomic E-state index is -4.50. The molecule has 1 atom stereocenters. The summed E-state index contributed by atoms with van der Waals surface area (Å²) in [5.41, 5.74) is -0.00433. The van der Waals surface area contributed by atoms with Gasteiger partial charge in [0.05, 0.1) is 12.1 Å². The van der Waals surface area contributed by atoms with Crippen LogP contribution in [-0.2, 0) is 22.1 Å². The van der Waals surface area contributed by atoms with Crippen LogP contribution >= 0.6 is 0 Å². The van der Waals surface area contributed by atoms with Crippen LogP contribution in [0.2, 0.25) is 0 Å². The van der Waals surface area contributed by atoms with Crippen molar-refractivity contribution in [1.82, 2.24) is 4.90 Å². The van der Waals surface area contributed by atoms with Crippen molar-refractivity contribution in [2.75, 3.05) is 31.6 Å². The standard InChI is InChI=1S/C25H31F3N2O5/c1-4-34-22(23(31)32)14-18-8-10-21(11-9-18)35-13-12-30(16-17(2)3)24(33)29-20-7-5-6-19(15-20)25(26,27)28/h5-11,15,17,22H,4,12-14,16H2,1-3H3,(H,29,33)(H,31,32). The van der Waals surface area contributed by atoms with E-state index in [1.165, 1.54) is 17.0 Å². The Bertz CT molecular complexity index is 964. The van der Waals surface area contributed by atoms with Gasteiger partial charge in [-0.2, -0.15) is 13.2 Å². The average Bonchev–Trinajstić information content (AvgIpc) is 2.78. The summed E-state index contributed by atoms with van der Waals surface area (Å²) in [4.78, 5) is 25.4. The second-order valence-electron chi connectivity index (χ2n) is 8.33. The van der Waals surface area contributed by atoms with Crippen LogP contribution in [0, 0.1) is 5.92 Å². The number of rotatable bonds is 12. The van der Waals surface area contributed by atoms with Gasteiger partial charge >= 0.3 is 18.2 Å². The molecule has 0 aromatic heterocycles. The van der Waals surface area contributed by atoms with Gasteiger partial charge in [0.15, 0.2) is 6.10 Å². The first-order valence-corrected chi connectivity index (χ1v) is 11.3. The summed E-state index contributed by atoms with van der Waals surface area (Å²) < 4.78 is 49.8. The minimum Gasteiger partial charge on any atom is -0.492 e. The van der Waals surface area contributed by atoms with E-state index >= 15 is 0 Å². The Morgan fingerprint density at radius 3 is 2.37 bits per heavy atom. The highest BCUT2D eigenvalue weighted by atomic mass is 19.4. The highest BCUT2D eigenvalue weighted by molar-refractivity contribution is 5.89. The second kappa shape index (κ2) is 13.0. The van der Waals surface area contributed by atoms with Crippen LogP contribution in [0.25, 0.3) is 0 Å². The van der Waals surface area contributed by atoms with Crippen molar-refractivity contribution in [1.29, 1.82) is 0 Å². The highest BCUT2D eigenvalue weighted by Crippen LogP contribution is 2.30. The molecule has 0 aliphatic carbocycles. The summed E-state index contributed by atoms with van der Waals surface area (Å²) >= 11 is 0. The zero-order valence-electron chi connectivity index (χ0n) is 20.0. The summed E-state index contributed by atoms with van der Waals surface area (Å²) in [7, 11) is 0. The lowest BCUT2D eigenvalue weighted by Crippen LogP contribution is -2.40. The number of urea groups is 1. The topological polar surface area (TPSA) is 88.1 Å². The number of ether oxygens (including phenoxy) is 2. The maximum Gasteiger partial charge on any atom is 0.416 e. The first kappa shape index (κ1) is 28.0. The van der Waals surface area contributed by atoms with Crippen molar-refractivity contribution in [3.63, 3.8) is 0 Å². The Hall–Kier alpha value is -3.27. The number of anilines is 1. The monoisotopic (exact) mass is 496 g/mol. The number of amides is 2. The van der Waals surface area contributed by atoms with Crippen molar-refractivity contribution in [3.8, 4) is 5.75 Å². The molecule has 7 nitrogen and oxygen atoms in total. The first-order chi connectivity index (χ1) is 16.5. The number of hydrogen-bond donors (Lipinski definition) is 2. The second-order valence-corrected chi connectivity index (χ2v) is 8.33. The number of carboxylic acids is 1. The molecule has 35 heavy (non-hydrogen) atoms. The maximum absolute atomic E-state index is 12.9. The van der Waals surface area contributed by atoms with E-state index in [2.05, 4.69) is 5.32 Å². The summed E-state index contributed by atoms with van der Waals surface area (Å²) in [6.07, 6.45) is -5.20. The molecular formula is C25H31F3N2O5. The number of benzene rings is 2.